The third-order valence-electron chi connectivity index (χ3n) is 2.74. The van der Waals surface area contributed by atoms with Crippen LogP contribution in [0.5, 0.6) is 5.75 Å². The molecule has 1 atom stereocenters. The van der Waals surface area contributed by atoms with Gasteiger partial charge in [0.2, 0.25) is 0 Å². The number of rotatable bonds is 3. The summed E-state index contributed by atoms with van der Waals surface area (Å²) in [6.45, 7) is 1.52. The highest BCUT2D eigenvalue weighted by molar-refractivity contribution is 7.08. The van der Waals surface area contributed by atoms with Crippen molar-refractivity contribution in [1.82, 2.24) is 4.98 Å². The normalized spacial score (nSPS) is 11.9. The maximum atomic E-state index is 10.0. The Morgan fingerprint density at radius 2 is 2.22 bits per heavy atom. The van der Waals surface area contributed by atoms with E-state index in [1.165, 1.54) is 0 Å². The lowest BCUT2D eigenvalue weighted by molar-refractivity contribution is 0.278. The van der Waals surface area contributed by atoms with E-state index >= 15 is 0 Å². The number of aliphatic hydroxyl groups excluding tert-OH is 1. The van der Waals surface area contributed by atoms with Crippen molar-refractivity contribution in [2.75, 3.05) is 0 Å². The monoisotopic (exact) mass is 286 g/mol. The van der Waals surface area contributed by atoms with Crippen LogP contribution in [0.1, 0.15) is 28.4 Å². The van der Waals surface area contributed by atoms with E-state index in [1.807, 2.05) is 16.8 Å². The molecule has 6 heteroatoms. The molecule has 2 heterocycles. The van der Waals surface area contributed by atoms with Crippen molar-refractivity contribution in [2.45, 2.75) is 19.6 Å². The summed E-state index contributed by atoms with van der Waals surface area (Å²) in [5.41, 5.74) is 8.67. The highest BCUT2D eigenvalue weighted by atomic mass is 35.5. The van der Waals surface area contributed by atoms with Crippen LogP contribution in [0.3, 0.4) is 0 Å². The molecule has 0 saturated heterocycles. The van der Waals surface area contributed by atoms with Crippen LogP contribution in [0.15, 0.2) is 23.0 Å². The van der Waals surface area contributed by atoms with Crippen molar-refractivity contribution in [3.63, 3.8) is 0 Å². The summed E-state index contributed by atoms with van der Waals surface area (Å²) < 4.78 is 0. The molecule has 0 saturated carbocycles. The summed E-state index contributed by atoms with van der Waals surface area (Å²) in [7, 11) is 0. The van der Waals surface area contributed by atoms with Gasteiger partial charge in [0, 0.05) is 17.3 Å². The summed E-state index contributed by atoms with van der Waals surface area (Å²) in [4.78, 5) is 4.01. The highest BCUT2D eigenvalue weighted by Crippen LogP contribution is 2.32. The average molecular weight is 287 g/mol. The summed E-state index contributed by atoms with van der Waals surface area (Å²) in [6, 6.07) is 1.47. The Morgan fingerprint density at radius 1 is 1.50 bits per heavy atom. The number of aliphatic hydroxyl groups is 1. The van der Waals surface area contributed by atoms with E-state index in [2.05, 4.69) is 4.98 Å². The van der Waals surface area contributed by atoms with Crippen LogP contribution in [0.2, 0.25) is 0 Å². The van der Waals surface area contributed by atoms with Crippen molar-refractivity contribution < 1.29 is 10.2 Å². The first kappa shape index (κ1) is 14.9. The molecule has 0 aliphatic rings. The molecular formula is C12H15ClN2O2S. The van der Waals surface area contributed by atoms with Crippen molar-refractivity contribution in [3.05, 3.63) is 45.4 Å². The van der Waals surface area contributed by atoms with Crippen LogP contribution >= 0.6 is 23.7 Å². The maximum absolute atomic E-state index is 10.0. The van der Waals surface area contributed by atoms with Gasteiger partial charge in [0.25, 0.3) is 0 Å². The van der Waals surface area contributed by atoms with Crippen LogP contribution in [-0.2, 0) is 6.61 Å². The molecule has 0 aliphatic heterocycles. The SMILES string of the molecule is Cc1ncc(CO)c([C@H](N)c2ccsc2)c1O.Cl. The average Bonchev–Trinajstić information content (AvgIpc) is 2.85. The second-order valence-electron chi connectivity index (χ2n) is 3.82. The minimum Gasteiger partial charge on any atom is -0.506 e. The number of nitrogens with zero attached hydrogens (tertiary/aromatic N) is 1. The van der Waals surface area contributed by atoms with E-state index in [0.29, 0.717) is 16.8 Å². The van der Waals surface area contributed by atoms with Gasteiger partial charge in [-0.1, -0.05) is 0 Å². The number of pyridine rings is 1. The Kier molecular flexibility index (Phi) is 5.10. The fourth-order valence-electron chi connectivity index (χ4n) is 1.74. The Hall–Kier alpha value is -1.14. The molecule has 0 fully saturated rings. The van der Waals surface area contributed by atoms with Crippen LogP contribution in [0.25, 0.3) is 0 Å². The number of aromatic nitrogens is 1. The number of halogens is 1. The summed E-state index contributed by atoms with van der Waals surface area (Å²) >= 11 is 1.55. The minimum absolute atomic E-state index is 0. The van der Waals surface area contributed by atoms with Crippen LogP contribution in [-0.4, -0.2) is 15.2 Å². The quantitative estimate of drug-likeness (QED) is 0.807. The molecule has 2 rings (SSSR count). The zero-order valence-electron chi connectivity index (χ0n) is 9.83. The van der Waals surface area contributed by atoms with Gasteiger partial charge in [0.15, 0.2) is 0 Å². The largest absolute Gasteiger partial charge is 0.506 e. The smallest absolute Gasteiger partial charge is 0.142 e. The third-order valence-corrected chi connectivity index (χ3v) is 3.44. The van der Waals surface area contributed by atoms with Gasteiger partial charge in [-0.05, 0) is 29.3 Å². The number of hydrogen-bond acceptors (Lipinski definition) is 5. The van der Waals surface area contributed by atoms with Crippen LogP contribution in [0.4, 0.5) is 0 Å². The number of aryl methyl sites for hydroxylation is 1. The fourth-order valence-corrected chi connectivity index (χ4v) is 2.44. The molecule has 0 aromatic carbocycles. The first-order valence-electron chi connectivity index (χ1n) is 5.21. The van der Waals surface area contributed by atoms with Gasteiger partial charge in [-0.15, -0.1) is 12.4 Å². The van der Waals surface area contributed by atoms with E-state index in [9.17, 15) is 10.2 Å². The Balaban J connectivity index is 0.00000162. The van der Waals surface area contributed by atoms with E-state index in [0.717, 1.165) is 5.56 Å². The van der Waals surface area contributed by atoms with Crippen LogP contribution < -0.4 is 5.73 Å². The van der Waals surface area contributed by atoms with Gasteiger partial charge in [-0.3, -0.25) is 4.98 Å². The molecule has 2 aromatic rings. The lowest BCUT2D eigenvalue weighted by atomic mass is 9.97. The zero-order chi connectivity index (χ0) is 12.4. The molecule has 18 heavy (non-hydrogen) atoms. The van der Waals surface area contributed by atoms with Crippen LogP contribution in [0, 0.1) is 6.92 Å². The fraction of sp³-hybridized carbons (Fsp3) is 0.250. The van der Waals surface area contributed by atoms with Gasteiger partial charge in [0.05, 0.1) is 18.3 Å². The first-order valence-corrected chi connectivity index (χ1v) is 6.15. The molecule has 2 aromatic heterocycles. The molecule has 0 radical (unpaired) electrons. The standard InChI is InChI=1S/C12H14N2O2S.ClH/c1-7-12(16)10(9(5-15)4-14-7)11(13)8-2-3-17-6-8;/h2-4,6,11,15-16H,5,13H2,1H3;1H/t11-;/m1./s1. The number of hydrogen-bond donors (Lipinski definition) is 3. The predicted molar refractivity (Wildman–Crippen MR) is 74.2 cm³/mol. The minimum atomic E-state index is -0.440. The number of aromatic hydroxyl groups is 1. The van der Waals surface area contributed by atoms with Gasteiger partial charge >= 0.3 is 0 Å². The molecular weight excluding hydrogens is 272 g/mol. The molecule has 0 amide bonds. The van der Waals surface area contributed by atoms with Crippen molar-refractivity contribution in [2.24, 2.45) is 5.73 Å². The van der Waals surface area contributed by atoms with Gasteiger partial charge in [0.1, 0.15) is 5.75 Å². The van der Waals surface area contributed by atoms with E-state index in [-0.39, 0.29) is 24.8 Å². The van der Waals surface area contributed by atoms with E-state index in [1.54, 1.807) is 24.5 Å². The summed E-state index contributed by atoms with van der Waals surface area (Å²) in [5.74, 6) is 0.0650. The van der Waals surface area contributed by atoms with Crippen molar-refractivity contribution >= 4 is 23.7 Å². The molecule has 0 aliphatic carbocycles. The number of nitrogens with two attached hydrogens (primary N) is 1. The maximum Gasteiger partial charge on any atom is 0.142 e. The molecule has 0 bridgehead atoms. The zero-order valence-corrected chi connectivity index (χ0v) is 11.5. The summed E-state index contributed by atoms with van der Waals surface area (Å²) in [6.07, 6.45) is 1.55. The molecule has 4 nitrogen and oxygen atoms in total. The number of thiophene rings is 1. The third kappa shape index (κ3) is 2.64. The molecule has 4 N–H and O–H groups in total. The van der Waals surface area contributed by atoms with Crippen molar-refractivity contribution in [1.29, 1.82) is 0 Å². The second kappa shape index (κ2) is 6.15. The highest BCUT2D eigenvalue weighted by Gasteiger charge is 2.19. The van der Waals surface area contributed by atoms with Gasteiger partial charge in [-0.25, -0.2) is 0 Å². The lowest BCUT2D eigenvalue weighted by Crippen LogP contribution is -2.14. The lowest BCUT2D eigenvalue weighted by Gasteiger charge is -2.17. The first-order chi connectivity index (χ1) is 8.15. The molecule has 0 unspecified atom stereocenters. The second-order valence-corrected chi connectivity index (χ2v) is 4.60. The van der Waals surface area contributed by atoms with E-state index in [4.69, 9.17) is 5.73 Å². The Labute approximate surface area is 116 Å². The Morgan fingerprint density at radius 3 is 2.78 bits per heavy atom. The molecule has 0 spiro atoms. The topological polar surface area (TPSA) is 79.4 Å². The predicted octanol–water partition coefficient (Wildman–Crippen LogP) is 2.12. The van der Waals surface area contributed by atoms with Crippen molar-refractivity contribution in [3.8, 4) is 5.75 Å². The summed E-state index contributed by atoms with van der Waals surface area (Å²) in [5, 5.41) is 23.2. The van der Waals surface area contributed by atoms with E-state index < -0.39 is 6.04 Å². The van der Waals surface area contributed by atoms with Gasteiger partial charge in [-0.2, -0.15) is 11.3 Å². The Bertz CT molecular complexity index is 517. The van der Waals surface area contributed by atoms with Gasteiger partial charge < -0.3 is 15.9 Å². The molecule has 98 valence electrons.